The largest absolute Gasteiger partial charge is 0.306 e. The number of halogens is 3. The predicted octanol–water partition coefficient (Wildman–Crippen LogP) is 4.36. The van der Waals surface area contributed by atoms with Crippen molar-refractivity contribution < 1.29 is 4.79 Å². The van der Waals surface area contributed by atoms with E-state index in [-0.39, 0.29) is 5.69 Å². The van der Waals surface area contributed by atoms with Crippen LogP contribution in [0.1, 0.15) is 16.1 Å². The minimum atomic E-state index is -0.409. The zero-order valence-electron chi connectivity index (χ0n) is 11.9. The number of nitrogens with zero attached hydrogens (tertiary/aromatic N) is 2. The molecule has 0 atom stereocenters. The lowest BCUT2D eigenvalue weighted by molar-refractivity contribution is 0.0958. The topological polar surface area (TPSA) is 58.4 Å². The summed E-state index contributed by atoms with van der Waals surface area (Å²) in [5, 5.41) is 1.01. The summed E-state index contributed by atoms with van der Waals surface area (Å²) in [6, 6.07) is 6.87. The molecular formula is C15H11Cl3N4O. The smallest absolute Gasteiger partial charge is 0.289 e. The Morgan fingerprint density at radius 1 is 1.17 bits per heavy atom. The molecule has 2 N–H and O–H groups in total. The van der Waals surface area contributed by atoms with Gasteiger partial charge in [-0.2, -0.15) is 0 Å². The molecule has 2 heterocycles. The molecule has 3 rings (SSSR count). The number of hydrogen-bond donors (Lipinski definition) is 2. The van der Waals surface area contributed by atoms with Gasteiger partial charge in [0.1, 0.15) is 11.3 Å². The molecule has 0 unspecified atom stereocenters. The van der Waals surface area contributed by atoms with E-state index < -0.39 is 5.91 Å². The number of imidazole rings is 1. The molecule has 0 saturated carbocycles. The zero-order chi connectivity index (χ0) is 16.6. The second-order valence-electron chi connectivity index (χ2n) is 4.92. The second kappa shape index (κ2) is 6.28. The number of fused-ring (bicyclic) bond motifs is 1. The van der Waals surface area contributed by atoms with Gasteiger partial charge in [0.05, 0.1) is 15.7 Å². The normalized spacial score (nSPS) is 10.8. The third-order valence-electron chi connectivity index (χ3n) is 3.16. The van der Waals surface area contributed by atoms with Crippen molar-refractivity contribution in [2.75, 3.05) is 5.43 Å². The predicted molar refractivity (Wildman–Crippen MR) is 92.5 cm³/mol. The summed E-state index contributed by atoms with van der Waals surface area (Å²) in [6.07, 6.45) is 3.48. The first kappa shape index (κ1) is 15.9. The van der Waals surface area contributed by atoms with Crippen LogP contribution in [-0.4, -0.2) is 15.3 Å². The number of aromatic nitrogens is 2. The zero-order valence-corrected chi connectivity index (χ0v) is 14.2. The van der Waals surface area contributed by atoms with Crippen LogP contribution in [0.15, 0.2) is 36.7 Å². The van der Waals surface area contributed by atoms with Gasteiger partial charge in [-0.15, -0.1) is 0 Å². The van der Waals surface area contributed by atoms with E-state index in [0.29, 0.717) is 26.4 Å². The second-order valence-corrected chi connectivity index (χ2v) is 6.17. The van der Waals surface area contributed by atoms with E-state index in [4.69, 9.17) is 34.8 Å². The maximum atomic E-state index is 12.2. The number of benzene rings is 1. The van der Waals surface area contributed by atoms with Crippen LogP contribution in [0.5, 0.6) is 0 Å². The minimum Gasteiger partial charge on any atom is -0.306 e. The van der Waals surface area contributed by atoms with Crippen LogP contribution >= 0.6 is 34.8 Å². The maximum Gasteiger partial charge on any atom is 0.289 e. The van der Waals surface area contributed by atoms with Gasteiger partial charge in [-0.1, -0.05) is 34.8 Å². The van der Waals surface area contributed by atoms with Crippen LogP contribution in [0.25, 0.3) is 5.65 Å². The number of pyridine rings is 1. The van der Waals surface area contributed by atoms with Gasteiger partial charge in [0, 0.05) is 17.4 Å². The number of hydrazine groups is 1. The Balaban J connectivity index is 1.79. The molecule has 23 heavy (non-hydrogen) atoms. The van der Waals surface area contributed by atoms with Crippen molar-refractivity contribution in [1.29, 1.82) is 0 Å². The Labute approximate surface area is 147 Å². The van der Waals surface area contributed by atoms with Crippen molar-refractivity contribution in [3.63, 3.8) is 0 Å². The van der Waals surface area contributed by atoms with Gasteiger partial charge in [0.25, 0.3) is 5.91 Å². The molecule has 0 aliphatic carbocycles. The van der Waals surface area contributed by atoms with E-state index in [1.165, 1.54) is 12.1 Å². The van der Waals surface area contributed by atoms with Crippen molar-refractivity contribution in [2.24, 2.45) is 0 Å². The number of nitrogens with one attached hydrogen (secondary N) is 2. The molecule has 8 heteroatoms. The van der Waals surface area contributed by atoms with Crippen LogP contribution < -0.4 is 10.9 Å². The fraction of sp³-hybridized carbons (Fsp3) is 0.0667. The summed E-state index contributed by atoms with van der Waals surface area (Å²) in [7, 11) is 0. The Kier molecular flexibility index (Phi) is 4.35. The molecule has 0 saturated heterocycles. The van der Waals surface area contributed by atoms with E-state index in [1.807, 2.05) is 25.3 Å². The Morgan fingerprint density at radius 2 is 1.87 bits per heavy atom. The molecule has 0 radical (unpaired) electrons. The van der Waals surface area contributed by atoms with Gasteiger partial charge in [0.15, 0.2) is 0 Å². The van der Waals surface area contributed by atoms with Crippen molar-refractivity contribution in [3.05, 3.63) is 63.0 Å². The highest BCUT2D eigenvalue weighted by Crippen LogP contribution is 2.33. The third-order valence-corrected chi connectivity index (χ3v) is 3.97. The molecule has 118 valence electrons. The average molecular weight is 370 g/mol. The highest BCUT2D eigenvalue weighted by atomic mass is 35.5. The summed E-state index contributed by atoms with van der Waals surface area (Å²) in [4.78, 5) is 16.5. The molecule has 0 aliphatic heterocycles. The molecular weight excluding hydrogens is 359 g/mol. The number of rotatable bonds is 3. The van der Waals surface area contributed by atoms with E-state index in [2.05, 4.69) is 15.8 Å². The molecule has 1 aromatic carbocycles. The van der Waals surface area contributed by atoms with Gasteiger partial charge in [-0.05, 0) is 36.8 Å². The first-order valence-corrected chi connectivity index (χ1v) is 7.73. The minimum absolute atomic E-state index is 0.268. The highest BCUT2D eigenvalue weighted by Gasteiger charge is 2.13. The molecule has 1 amide bonds. The number of amides is 1. The van der Waals surface area contributed by atoms with Crippen LogP contribution in [0, 0.1) is 6.92 Å². The van der Waals surface area contributed by atoms with Gasteiger partial charge < -0.3 is 4.40 Å². The quantitative estimate of drug-likeness (QED) is 0.674. The van der Waals surface area contributed by atoms with Crippen LogP contribution in [-0.2, 0) is 0 Å². The summed E-state index contributed by atoms with van der Waals surface area (Å²) >= 11 is 17.9. The number of aryl methyl sites for hydroxylation is 1. The average Bonchev–Trinajstić information content (AvgIpc) is 2.88. The Hall–Kier alpha value is -1.95. The van der Waals surface area contributed by atoms with Crippen molar-refractivity contribution in [1.82, 2.24) is 14.8 Å². The molecule has 0 bridgehead atoms. The van der Waals surface area contributed by atoms with Gasteiger partial charge in [-0.3, -0.25) is 15.6 Å². The lowest BCUT2D eigenvalue weighted by Crippen LogP contribution is -2.29. The van der Waals surface area contributed by atoms with Gasteiger partial charge in [-0.25, -0.2) is 4.98 Å². The highest BCUT2D eigenvalue weighted by molar-refractivity contribution is 6.41. The van der Waals surface area contributed by atoms with Crippen LogP contribution in [0.2, 0.25) is 15.1 Å². The SMILES string of the molecule is Cc1ccn2cc(C(=O)NNc3c(Cl)cc(Cl)cc3Cl)nc2c1. The van der Waals surface area contributed by atoms with Crippen molar-refractivity contribution >= 4 is 52.0 Å². The molecule has 2 aromatic heterocycles. The molecule has 0 spiro atoms. The fourth-order valence-corrected chi connectivity index (χ4v) is 2.95. The first-order chi connectivity index (χ1) is 10.9. The molecule has 0 aliphatic rings. The van der Waals surface area contributed by atoms with Crippen molar-refractivity contribution in [3.8, 4) is 0 Å². The fourth-order valence-electron chi connectivity index (χ4n) is 2.04. The standard InChI is InChI=1S/C15H11Cl3N4O/c1-8-2-3-22-7-12(19-13(22)4-8)15(23)21-20-14-10(17)5-9(16)6-11(14)18/h2-7,20H,1H3,(H,21,23). The van der Waals surface area contributed by atoms with E-state index in [1.54, 1.807) is 10.6 Å². The number of carbonyl (C=O) groups is 1. The molecule has 3 aromatic rings. The lowest BCUT2D eigenvalue weighted by Gasteiger charge is -2.11. The lowest BCUT2D eigenvalue weighted by atomic mass is 10.3. The van der Waals surface area contributed by atoms with E-state index in [9.17, 15) is 4.79 Å². The maximum absolute atomic E-state index is 12.2. The summed E-state index contributed by atoms with van der Waals surface area (Å²) in [5.41, 5.74) is 7.60. The van der Waals surface area contributed by atoms with E-state index in [0.717, 1.165) is 5.56 Å². The van der Waals surface area contributed by atoms with Gasteiger partial charge in [0.2, 0.25) is 0 Å². The Bertz CT molecular complexity index is 884. The number of anilines is 1. The van der Waals surface area contributed by atoms with Crippen LogP contribution in [0.4, 0.5) is 5.69 Å². The first-order valence-electron chi connectivity index (χ1n) is 6.60. The van der Waals surface area contributed by atoms with Crippen molar-refractivity contribution in [2.45, 2.75) is 6.92 Å². The number of carbonyl (C=O) groups excluding carboxylic acids is 1. The van der Waals surface area contributed by atoms with Gasteiger partial charge >= 0.3 is 0 Å². The molecule has 5 nitrogen and oxygen atoms in total. The summed E-state index contributed by atoms with van der Waals surface area (Å²) < 4.78 is 1.77. The number of hydrogen-bond acceptors (Lipinski definition) is 3. The monoisotopic (exact) mass is 368 g/mol. The Morgan fingerprint density at radius 3 is 2.57 bits per heavy atom. The van der Waals surface area contributed by atoms with E-state index >= 15 is 0 Å². The summed E-state index contributed by atoms with van der Waals surface area (Å²) in [5.74, 6) is -0.409. The summed E-state index contributed by atoms with van der Waals surface area (Å²) in [6.45, 7) is 1.96. The molecule has 0 fully saturated rings. The van der Waals surface area contributed by atoms with Crippen LogP contribution in [0.3, 0.4) is 0 Å². The third kappa shape index (κ3) is 3.37.